The standard InChI is InChI=1S/C14H13F3N2O3S/c1-10(11-3-2-8-18-9-11)19-23(20,21)13-6-4-12(5-7-13)22-14(15,16)17/h2-10,19H,1H3/t10-/m1/s1. The molecule has 9 heteroatoms. The molecule has 0 amide bonds. The molecule has 0 spiro atoms. The number of rotatable bonds is 5. The van der Waals surface area contributed by atoms with E-state index in [1.54, 1.807) is 25.3 Å². The maximum atomic E-state index is 12.2. The van der Waals surface area contributed by atoms with E-state index in [2.05, 4.69) is 14.4 Å². The van der Waals surface area contributed by atoms with E-state index < -0.39 is 28.2 Å². The van der Waals surface area contributed by atoms with Crippen LogP contribution in [0.4, 0.5) is 13.2 Å². The van der Waals surface area contributed by atoms with Crippen molar-refractivity contribution in [3.8, 4) is 5.75 Å². The molecule has 2 rings (SSSR count). The van der Waals surface area contributed by atoms with E-state index in [1.807, 2.05) is 0 Å². The Morgan fingerprint density at radius 1 is 1.17 bits per heavy atom. The van der Waals surface area contributed by atoms with Crippen molar-refractivity contribution in [3.05, 3.63) is 54.4 Å². The van der Waals surface area contributed by atoms with Crippen molar-refractivity contribution in [3.63, 3.8) is 0 Å². The summed E-state index contributed by atoms with van der Waals surface area (Å²) in [6.45, 7) is 1.63. The fraction of sp³-hybridized carbons (Fsp3) is 0.214. The van der Waals surface area contributed by atoms with Crippen LogP contribution in [0.3, 0.4) is 0 Å². The van der Waals surface area contributed by atoms with E-state index in [0.717, 1.165) is 24.3 Å². The fourth-order valence-corrected chi connectivity index (χ4v) is 3.05. The Bertz CT molecular complexity index is 747. The average Bonchev–Trinajstić information content (AvgIpc) is 2.46. The van der Waals surface area contributed by atoms with Gasteiger partial charge in [0.05, 0.1) is 4.90 Å². The monoisotopic (exact) mass is 346 g/mol. The van der Waals surface area contributed by atoms with E-state index in [0.29, 0.717) is 5.56 Å². The minimum Gasteiger partial charge on any atom is -0.406 e. The molecule has 0 radical (unpaired) electrons. The quantitative estimate of drug-likeness (QED) is 0.904. The van der Waals surface area contributed by atoms with Crippen LogP contribution in [0.15, 0.2) is 53.7 Å². The van der Waals surface area contributed by atoms with Crippen molar-refractivity contribution in [1.82, 2.24) is 9.71 Å². The van der Waals surface area contributed by atoms with Gasteiger partial charge in [-0.1, -0.05) is 6.07 Å². The van der Waals surface area contributed by atoms with Crippen molar-refractivity contribution in [2.45, 2.75) is 24.2 Å². The summed E-state index contributed by atoms with van der Waals surface area (Å²) in [6, 6.07) is 6.80. The first-order valence-corrected chi connectivity index (χ1v) is 7.94. The Hall–Kier alpha value is -2.13. The molecule has 1 atom stereocenters. The Morgan fingerprint density at radius 2 is 1.83 bits per heavy atom. The van der Waals surface area contributed by atoms with Crippen LogP contribution >= 0.6 is 0 Å². The lowest BCUT2D eigenvalue weighted by molar-refractivity contribution is -0.274. The summed E-state index contributed by atoms with van der Waals surface area (Å²) in [6.07, 6.45) is -1.75. The first kappa shape index (κ1) is 17.2. The molecule has 0 aliphatic heterocycles. The number of nitrogens with zero attached hydrogens (tertiary/aromatic N) is 1. The van der Waals surface area contributed by atoms with E-state index in [-0.39, 0.29) is 4.90 Å². The number of benzene rings is 1. The van der Waals surface area contributed by atoms with Gasteiger partial charge in [-0.3, -0.25) is 4.98 Å². The number of hydrogen-bond acceptors (Lipinski definition) is 4. The molecule has 5 nitrogen and oxygen atoms in total. The summed E-state index contributed by atoms with van der Waals surface area (Å²) < 4.78 is 66.8. The van der Waals surface area contributed by atoms with Gasteiger partial charge in [0.2, 0.25) is 10.0 Å². The van der Waals surface area contributed by atoms with Gasteiger partial charge in [-0.05, 0) is 42.8 Å². The van der Waals surface area contributed by atoms with Crippen LogP contribution in [0.1, 0.15) is 18.5 Å². The van der Waals surface area contributed by atoms with Crippen LogP contribution in [0.25, 0.3) is 0 Å². The third-order valence-corrected chi connectivity index (χ3v) is 4.44. The van der Waals surface area contributed by atoms with Crippen molar-refractivity contribution >= 4 is 10.0 Å². The van der Waals surface area contributed by atoms with Gasteiger partial charge in [-0.15, -0.1) is 13.2 Å². The van der Waals surface area contributed by atoms with E-state index in [1.165, 1.54) is 6.20 Å². The van der Waals surface area contributed by atoms with Gasteiger partial charge in [0.25, 0.3) is 0 Å². The topological polar surface area (TPSA) is 68.3 Å². The zero-order chi connectivity index (χ0) is 17.1. The van der Waals surface area contributed by atoms with Gasteiger partial charge < -0.3 is 4.74 Å². The second-order valence-electron chi connectivity index (χ2n) is 4.65. The van der Waals surface area contributed by atoms with Crippen LogP contribution < -0.4 is 9.46 Å². The molecular formula is C14H13F3N2O3S. The van der Waals surface area contributed by atoms with Gasteiger partial charge in [0.15, 0.2) is 0 Å². The Balaban J connectivity index is 2.13. The number of hydrogen-bond donors (Lipinski definition) is 1. The lowest BCUT2D eigenvalue weighted by Gasteiger charge is -2.14. The number of alkyl halides is 3. The first-order chi connectivity index (χ1) is 10.7. The number of nitrogens with one attached hydrogen (secondary N) is 1. The molecule has 1 heterocycles. The molecule has 0 fully saturated rings. The molecule has 0 saturated carbocycles. The molecule has 2 aromatic rings. The zero-order valence-electron chi connectivity index (χ0n) is 11.9. The number of halogens is 3. The van der Waals surface area contributed by atoms with Crippen molar-refractivity contribution in [2.24, 2.45) is 0 Å². The van der Waals surface area contributed by atoms with Gasteiger partial charge in [0, 0.05) is 18.4 Å². The summed E-state index contributed by atoms with van der Waals surface area (Å²) in [5, 5.41) is 0. The second kappa shape index (κ2) is 6.55. The predicted molar refractivity (Wildman–Crippen MR) is 76.1 cm³/mol. The molecule has 0 aliphatic carbocycles. The van der Waals surface area contributed by atoms with Gasteiger partial charge in [-0.25, -0.2) is 13.1 Å². The molecule has 0 saturated heterocycles. The minimum absolute atomic E-state index is 0.164. The lowest BCUT2D eigenvalue weighted by Crippen LogP contribution is -2.27. The number of ether oxygens (including phenoxy) is 1. The molecule has 1 aromatic carbocycles. The van der Waals surface area contributed by atoms with Crippen LogP contribution in [0.2, 0.25) is 0 Å². The molecule has 1 aromatic heterocycles. The largest absolute Gasteiger partial charge is 0.573 e. The summed E-state index contributed by atoms with van der Waals surface area (Å²) in [4.78, 5) is 3.73. The van der Waals surface area contributed by atoms with Gasteiger partial charge >= 0.3 is 6.36 Å². The summed E-state index contributed by atoms with van der Waals surface area (Å²) in [5.74, 6) is -0.489. The zero-order valence-corrected chi connectivity index (χ0v) is 12.7. The highest BCUT2D eigenvalue weighted by atomic mass is 32.2. The maximum absolute atomic E-state index is 12.2. The van der Waals surface area contributed by atoms with Crippen LogP contribution in [-0.2, 0) is 10.0 Å². The van der Waals surface area contributed by atoms with Crippen molar-refractivity contribution < 1.29 is 26.3 Å². The summed E-state index contributed by atoms with van der Waals surface area (Å²) >= 11 is 0. The van der Waals surface area contributed by atoms with Crippen molar-refractivity contribution in [2.75, 3.05) is 0 Å². The highest BCUT2D eigenvalue weighted by molar-refractivity contribution is 7.89. The van der Waals surface area contributed by atoms with E-state index in [9.17, 15) is 21.6 Å². The number of aromatic nitrogens is 1. The number of pyridine rings is 1. The smallest absolute Gasteiger partial charge is 0.406 e. The van der Waals surface area contributed by atoms with Gasteiger partial charge in [0.1, 0.15) is 5.75 Å². The van der Waals surface area contributed by atoms with E-state index in [4.69, 9.17) is 0 Å². The molecular weight excluding hydrogens is 333 g/mol. The SMILES string of the molecule is C[C@@H](NS(=O)(=O)c1ccc(OC(F)(F)F)cc1)c1cccnc1. The van der Waals surface area contributed by atoms with E-state index >= 15 is 0 Å². The lowest BCUT2D eigenvalue weighted by atomic mass is 10.2. The number of sulfonamides is 1. The van der Waals surface area contributed by atoms with Gasteiger partial charge in [-0.2, -0.15) is 0 Å². The molecule has 124 valence electrons. The summed E-state index contributed by atoms with van der Waals surface area (Å²) in [5.41, 5.74) is 0.660. The second-order valence-corrected chi connectivity index (χ2v) is 6.36. The maximum Gasteiger partial charge on any atom is 0.573 e. The normalized spacial score (nSPS) is 13.6. The van der Waals surface area contributed by atoms with Crippen LogP contribution in [0, 0.1) is 0 Å². The van der Waals surface area contributed by atoms with Crippen LogP contribution in [0.5, 0.6) is 5.75 Å². The third kappa shape index (κ3) is 4.93. The average molecular weight is 346 g/mol. The summed E-state index contributed by atoms with van der Waals surface area (Å²) in [7, 11) is -3.88. The Labute approximate surface area is 131 Å². The molecule has 0 unspecified atom stereocenters. The Morgan fingerprint density at radius 3 is 2.35 bits per heavy atom. The molecule has 1 N–H and O–H groups in total. The fourth-order valence-electron chi connectivity index (χ4n) is 1.82. The molecule has 0 bridgehead atoms. The third-order valence-electron chi connectivity index (χ3n) is 2.88. The van der Waals surface area contributed by atoms with Crippen LogP contribution in [-0.4, -0.2) is 19.8 Å². The highest BCUT2D eigenvalue weighted by Gasteiger charge is 2.31. The first-order valence-electron chi connectivity index (χ1n) is 6.45. The molecule has 0 aliphatic rings. The molecule has 23 heavy (non-hydrogen) atoms. The highest BCUT2D eigenvalue weighted by Crippen LogP contribution is 2.24. The van der Waals surface area contributed by atoms with Crippen molar-refractivity contribution in [1.29, 1.82) is 0 Å². The Kier molecular flexibility index (Phi) is 4.90. The minimum atomic E-state index is -4.83. The predicted octanol–water partition coefficient (Wildman–Crippen LogP) is 3.02.